The molecule has 0 aliphatic rings. The van der Waals surface area contributed by atoms with E-state index >= 15 is 0 Å². The van der Waals surface area contributed by atoms with Gasteiger partial charge in [-0.1, -0.05) is 65.7 Å². The number of hydrogen-bond acceptors (Lipinski definition) is 0. The lowest BCUT2D eigenvalue weighted by Crippen LogP contribution is -2.04. The first-order chi connectivity index (χ1) is 15.4. The number of alkyl halides is 3. The van der Waals surface area contributed by atoms with Gasteiger partial charge in [-0.05, 0) is 46.5 Å². The van der Waals surface area contributed by atoms with Crippen LogP contribution < -0.4 is 4.67 Å². The molecular weight excluding hydrogens is 431 g/mol. The summed E-state index contributed by atoms with van der Waals surface area (Å²) in [5, 5.41) is 0.619. The van der Waals surface area contributed by atoms with Crippen LogP contribution in [0.5, 0.6) is 0 Å². The van der Waals surface area contributed by atoms with E-state index < -0.39 is 11.7 Å². The monoisotopic (exact) mass is 447 g/mol. The van der Waals surface area contributed by atoms with E-state index in [1.54, 1.807) is 18.3 Å². The van der Waals surface area contributed by atoms with Gasteiger partial charge >= 0.3 is 6.18 Å². The highest BCUT2D eigenvalue weighted by Crippen LogP contribution is 2.34. The predicted octanol–water partition coefficient (Wildman–Crippen LogP) is 7.18. The summed E-state index contributed by atoms with van der Waals surface area (Å²) in [5.41, 5.74) is 4.15. The highest BCUT2D eigenvalue weighted by atomic mass is 35.5. The van der Waals surface area contributed by atoms with Gasteiger partial charge in [0.25, 0.3) is 6.21 Å². The van der Waals surface area contributed by atoms with E-state index in [9.17, 15) is 13.2 Å². The molecule has 0 aliphatic heterocycles. The Kier molecular flexibility index (Phi) is 6.27. The molecule has 1 nitrogen and oxygen atoms in total. The van der Waals surface area contributed by atoms with Crippen LogP contribution in [0, 0.1) is 0 Å². The number of hydrogen-bond donors (Lipinski definition) is 0. The maximum Gasteiger partial charge on any atom is 0.416 e. The Bertz CT molecular complexity index is 1270. The average molecular weight is 448 g/mol. The van der Waals surface area contributed by atoms with Crippen molar-refractivity contribution in [3.8, 4) is 22.3 Å². The first-order valence-corrected chi connectivity index (χ1v) is 10.2. The highest BCUT2D eigenvalue weighted by molar-refractivity contribution is 6.30. The molecule has 5 heteroatoms. The van der Waals surface area contributed by atoms with Gasteiger partial charge in [0.2, 0.25) is 6.21 Å². The molecular formula is C27H17ClF3N. The Balaban J connectivity index is 1.85. The Morgan fingerprint density at radius 2 is 1.25 bits per heavy atom. The van der Waals surface area contributed by atoms with Crippen molar-refractivity contribution in [3.05, 3.63) is 119 Å². The van der Waals surface area contributed by atoms with Gasteiger partial charge in [0.1, 0.15) is 0 Å². The molecule has 0 saturated heterocycles. The van der Waals surface area contributed by atoms with E-state index in [2.05, 4.69) is 10.9 Å². The molecule has 32 heavy (non-hydrogen) atoms. The minimum atomic E-state index is -4.38. The minimum absolute atomic E-state index is 0.619. The van der Waals surface area contributed by atoms with Gasteiger partial charge in [-0.15, -0.1) is 24.3 Å². The zero-order chi connectivity index (χ0) is 22.6. The van der Waals surface area contributed by atoms with Crippen molar-refractivity contribution < 1.29 is 13.2 Å². The van der Waals surface area contributed by atoms with E-state index in [1.807, 2.05) is 60.7 Å². The standard InChI is InChI=1S/C27H17ClF3N/c28-23-15-11-21(12-16-23)25-8-4-7-24(20-9-13-22(14-10-20)27(29,30)31)26(25)18-32-17-19-5-2-1-3-6-19/h1-16,18H. The third-order valence-electron chi connectivity index (χ3n) is 4.95. The van der Waals surface area contributed by atoms with Crippen LogP contribution in [0.2, 0.25) is 5.02 Å². The zero-order valence-electron chi connectivity index (χ0n) is 16.8. The lowest BCUT2D eigenvalue weighted by Gasteiger charge is -2.12. The predicted molar refractivity (Wildman–Crippen MR) is 125 cm³/mol. The van der Waals surface area contributed by atoms with Crippen LogP contribution >= 0.6 is 11.6 Å². The van der Waals surface area contributed by atoms with Crippen LogP contribution in [-0.2, 0) is 6.18 Å². The summed E-state index contributed by atoms with van der Waals surface area (Å²) in [6.45, 7) is 0. The Morgan fingerprint density at radius 3 is 1.81 bits per heavy atom. The SMILES string of the molecule is FC(F)(F)c1ccc(-c2cccc(-c3ccc(Cl)cc3)c2C=[N+]=[C-]c2ccccc2)cc1. The van der Waals surface area contributed by atoms with Gasteiger partial charge in [-0.25, -0.2) is 0 Å². The second-order valence-corrected chi connectivity index (χ2v) is 7.52. The third-order valence-corrected chi connectivity index (χ3v) is 5.20. The molecule has 0 bridgehead atoms. The molecule has 0 amide bonds. The average Bonchev–Trinajstić information content (AvgIpc) is 2.80. The van der Waals surface area contributed by atoms with Gasteiger partial charge in [0.05, 0.1) is 5.56 Å². The smallest absolute Gasteiger partial charge is 0.187 e. The fourth-order valence-corrected chi connectivity index (χ4v) is 3.49. The zero-order valence-corrected chi connectivity index (χ0v) is 17.5. The van der Waals surface area contributed by atoms with Crippen molar-refractivity contribution in [2.24, 2.45) is 0 Å². The maximum atomic E-state index is 13.0. The van der Waals surface area contributed by atoms with Gasteiger partial charge in [-0.2, -0.15) is 17.8 Å². The summed E-state index contributed by atoms with van der Waals surface area (Å²) in [7, 11) is 0. The van der Waals surface area contributed by atoms with Gasteiger partial charge in [-0.3, -0.25) is 0 Å². The molecule has 4 aromatic carbocycles. The van der Waals surface area contributed by atoms with Crippen LogP contribution in [0.4, 0.5) is 13.2 Å². The fraction of sp³-hybridized carbons (Fsp3) is 0.0370. The summed E-state index contributed by atoms with van der Waals surface area (Å²) in [5.74, 6) is 0. The Labute approximate surface area is 189 Å². The van der Waals surface area contributed by atoms with Crippen molar-refractivity contribution in [1.82, 2.24) is 4.67 Å². The Morgan fingerprint density at radius 1 is 0.688 bits per heavy atom. The largest absolute Gasteiger partial charge is 0.416 e. The van der Waals surface area contributed by atoms with Gasteiger partial charge in [0, 0.05) is 10.6 Å². The normalized spacial score (nSPS) is 11.0. The molecule has 0 spiro atoms. The summed E-state index contributed by atoms with van der Waals surface area (Å²) in [6, 6.07) is 27.7. The topological polar surface area (TPSA) is 14.1 Å². The molecule has 0 N–H and O–H groups in total. The molecule has 0 aromatic heterocycles. The lowest BCUT2D eigenvalue weighted by atomic mass is 9.92. The molecule has 0 heterocycles. The molecule has 0 fully saturated rings. The molecule has 0 atom stereocenters. The number of nitrogens with zero attached hydrogens (tertiary/aromatic N) is 1. The molecule has 4 aromatic rings. The van der Waals surface area contributed by atoms with Crippen molar-refractivity contribution in [2.45, 2.75) is 6.18 Å². The Hall–Kier alpha value is -3.59. The van der Waals surface area contributed by atoms with Crippen molar-refractivity contribution in [2.75, 3.05) is 0 Å². The number of halogens is 4. The lowest BCUT2D eigenvalue weighted by molar-refractivity contribution is -0.137. The number of benzene rings is 4. The molecule has 158 valence electrons. The molecule has 0 radical (unpaired) electrons. The fourth-order valence-electron chi connectivity index (χ4n) is 3.36. The summed E-state index contributed by atoms with van der Waals surface area (Å²) in [6.07, 6.45) is 0.291. The number of rotatable bonds is 4. The van der Waals surface area contributed by atoms with Crippen LogP contribution in [0.25, 0.3) is 22.3 Å². The van der Waals surface area contributed by atoms with E-state index in [4.69, 9.17) is 11.6 Å². The molecule has 4 rings (SSSR count). The molecule has 0 unspecified atom stereocenters. The van der Waals surface area contributed by atoms with Crippen molar-refractivity contribution in [3.63, 3.8) is 0 Å². The summed E-state index contributed by atoms with van der Waals surface area (Å²) >= 11 is 6.04. The van der Waals surface area contributed by atoms with Gasteiger partial charge < -0.3 is 0 Å². The van der Waals surface area contributed by atoms with Crippen LogP contribution in [0.1, 0.15) is 16.7 Å². The molecule has 0 aliphatic carbocycles. The first kappa shape index (κ1) is 21.6. The maximum absolute atomic E-state index is 13.0. The highest BCUT2D eigenvalue weighted by Gasteiger charge is 2.30. The molecule has 0 saturated carbocycles. The van der Waals surface area contributed by atoms with Crippen LogP contribution in [0.15, 0.2) is 97.1 Å². The first-order valence-electron chi connectivity index (χ1n) is 9.82. The van der Waals surface area contributed by atoms with E-state index in [-0.39, 0.29) is 0 Å². The second-order valence-electron chi connectivity index (χ2n) is 7.08. The van der Waals surface area contributed by atoms with E-state index in [0.29, 0.717) is 10.6 Å². The third kappa shape index (κ3) is 5.00. The van der Waals surface area contributed by atoms with Crippen molar-refractivity contribution in [1.29, 1.82) is 0 Å². The van der Waals surface area contributed by atoms with Gasteiger partial charge in [0.15, 0.2) is 0 Å². The van der Waals surface area contributed by atoms with Crippen molar-refractivity contribution >= 4 is 24.0 Å². The van der Waals surface area contributed by atoms with Crippen LogP contribution in [0.3, 0.4) is 0 Å². The van der Waals surface area contributed by atoms with Crippen LogP contribution in [-0.4, -0.2) is 12.4 Å². The second kappa shape index (κ2) is 9.27. The van der Waals surface area contributed by atoms with E-state index in [1.165, 1.54) is 12.1 Å². The van der Waals surface area contributed by atoms with E-state index in [0.717, 1.165) is 39.9 Å². The minimum Gasteiger partial charge on any atom is -0.187 e. The quantitative estimate of drug-likeness (QED) is 0.179. The summed E-state index contributed by atoms with van der Waals surface area (Å²) < 4.78 is 43.4. The summed E-state index contributed by atoms with van der Waals surface area (Å²) in [4.78, 5) is 0.